The van der Waals surface area contributed by atoms with Crippen LogP contribution in [0.1, 0.15) is 37.8 Å². The Morgan fingerprint density at radius 3 is 2.46 bits per heavy atom. The Kier molecular flexibility index (Phi) is 6.73. The highest BCUT2D eigenvalue weighted by atomic mass is 16.2. The fourth-order valence-corrected chi connectivity index (χ4v) is 2.75. The Bertz CT molecular complexity index is 797. The van der Waals surface area contributed by atoms with Crippen LogP contribution in [0.3, 0.4) is 0 Å². The number of aromatic nitrogens is 2. The molecule has 0 saturated carbocycles. The first-order valence-corrected chi connectivity index (χ1v) is 8.85. The Labute approximate surface area is 155 Å². The molecule has 1 N–H and O–H groups in total. The maximum atomic E-state index is 12.7. The highest BCUT2D eigenvalue weighted by Crippen LogP contribution is 2.21. The molecule has 0 fully saturated rings. The van der Waals surface area contributed by atoms with Gasteiger partial charge in [0.05, 0.1) is 17.8 Å². The number of amides is 1. The predicted octanol–water partition coefficient (Wildman–Crippen LogP) is 5.04. The van der Waals surface area contributed by atoms with Crippen molar-refractivity contribution in [2.45, 2.75) is 33.1 Å². The molecule has 26 heavy (non-hydrogen) atoms. The van der Waals surface area contributed by atoms with Gasteiger partial charge in [-0.3, -0.25) is 4.79 Å². The number of anilines is 1. The van der Waals surface area contributed by atoms with Gasteiger partial charge in [0.1, 0.15) is 5.82 Å². The molecule has 2 rings (SSSR count). The van der Waals surface area contributed by atoms with Crippen LogP contribution in [0.5, 0.6) is 0 Å². The van der Waals surface area contributed by atoms with Gasteiger partial charge in [0, 0.05) is 6.07 Å². The fourth-order valence-electron chi connectivity index (χ4n) is 2.75. The first-order valence-electron chi connectivity index (χ1n) is 8.85. The second kappa shape index (κ2) is 8.99. The van der Waals surface area contributed by atoms with Gasteiger partial charge in [-0.1, -0.05) is 57.3 Å². The zero-order valence-electron chi connectivity index (χ0n) is 15.8. The Morgan fingerprint density at radius 2 is 1.88 bits per heavy atom. The summed E-state index contributed by atoms with van der Waals surface area (Å²) >= 11 is 0. The number of nitrogens with one attached hydrogen (secondary N) is 1. The molecule has 1 atom stereocenters. The number of allylic oxidation sites excluding steroid dienone is 4. The third kappa shape index (κ3) is 4.82. The minimum Gasteiger partial charge on any atom is -0.310 e. The van der Waals surface area contributed by atoms with Gasteiger partial charge in [0.25, 0.3) is 0 Å². The van der Waals surface area contributed by atoms with Crippen molar-refractivity contribution in [3.05, 3.63) is 79.0 Å². The molecule has 136 valence electrons. The van der Waals surface area contributed by atoms with Crippen LogP contribution < -0.4 is 5.32 Å². The molecule has 0 bridgehead atoms. The van der Waals surface area contributed by atoms with Gasteiger partial charge in [0.2, 0.25) is 5.91 Å². The number of carbonyl (C=O) groups excluding carboxylic acids is 1. The van der Waals surface area contributed by atoms with E-state index in [4.69, 9.17) is 0 Å². The SMILES string of the molecule is C=C/C=C(\C=C)n1nccc1NC(=O)C(C)c1ccc(CC(C)C)cc1. The van der Waals surface area contributed by atoms with Gasteiger partial charge < -0.3 is 5.32 Å². The van der Waals surface area contributed by atoms with E-state index in [1.165, 1.54) is 5.56 Å². The summed E-state index contributed by atoms with van der Waals surface area (Å²) in [6.45, 7) is 13.8. The molecule has 0 spiro atoms. The van der Waals surface area contributed by atoms with Crippen molar-refractivity contribution in [3.8, 4) is 0 Å². The first-order chi connectivity index (χ1) is 12.5. The summed E-state index contributed by atoms with van der Waals surface area (Å²) in [7, 11) is 0. The van der Waals surface area contributed by atoms with E-state index >= 15 is 0 Å². The molecule has 0 aliphatic heterocycles. The molecule has 0 saturated heterocycles. The highest BCUT2D eigenvalue weighted by molar-refractivity contribution is 5.95. The van der Waals surface area contributed by atoms with Crippen LogP contribution in [-0.4, -0.2) is 15.7 Å². The van der Waals surface area contributed by atoms with E-state index in [0.717, 1.165) is 17.7 Å². The molecule has 1 amide bonds. The van der Waals surface area contributed by atoms with Crippen molar-refractivity contribution >= 4 is 17.4 Å². The average molecular weight is 349 g/mol. The maximum Gasteiger partial charge on any atom is 0.232 e. The molecule has 0 aliphatic rings. The molecule has 1 aromatic heterocycles. The van der Waals surface area contributed by atoms with E-state index in [2.05, 4.69) is 49.6 Å². The number of hydrogen-bond acceptors (Lipinski definition) is 2. The van der Waals surface area contributed by atoms with Crippen LogP contribution in [0.15, 0.2) is 67.9 Å². The van der Waals surface area contributed by atoms with Crippen molar-refractivity contribution < 1.29 is 4.79 Å². The molecular weight excluding hydrogens is 322 g/mol. The Hall–Kier alpha value is -2.88. The van der Waals surface area contributed by atoms with Crippen LogP contribution in [-0.2, 0) is 11.2 Å². The molecule has 4 heteroatoms. The van der Waals surface area contributed by atoms with Gasteiger partial charge in [-0.2, -0.15) is 5.10 Å². The number of carbonyl (C=O) groups is 1. The fraction of sp³-hybridized carbons (Fsp3) is 0.273. The quantitative estimate of drug-likeness (QED) is 0.679. The van der Waals surface area contributed by atoms with Gasteiger partial charge in [-0.25, -0.2) is 4.68 Å². The lowest BCUT2D eigenvalue weighted by atomic mass is 9.96. The van der Waals surface area contributed by atoms with Gasteiger partial charge in [-0.15, -0.1) is 0 Å². The monoisotopic (exact) mass is 349 g/mol. The summed E-state index contributed by atoms with van der Waals surface area (Å²) in [5.41, 5.74) is 3.03. The van der Waals surface area contributed by atoms with Crippen molar-refractivity contribution in [3.63, 3.8) is 0 Å². The smallest absolute Gasteiger partial charge is 0.232 e. The normalized spacial score (nSPS) is 12.7. The largest absolute Gasteiger partial charge is 0.310 e. The van der Waals surface area contributed by atoms with Crippen LogP contribution in [0.25, 0.3) is 5.70 Å². The van der Waals surface area contributed by atoms with E-state index in [-0.39, 0.29) is 11.8 Å². The predicted molar refractivity (Wildman–Crippen MR) is 109 cm³/mol. The van der Waals surface area contributed by atoms with Crippen molar-refractivity contribution in [2.24, 2.45) is 5.92 Å². The van der Waals surface area contributed by atoms with Crippen molar-refractivity contribution in [1.29, 1.82) is 0 Å². The molecular formula is C22H27N3O. The summed E-state index contributed by atoms with van der Waals surface area (Å²) < 4.78 is 1.63. The summed E-state index contributed by atoms with van der Waals surface area (Å²) in [6, 6.07) is 10.0. The van der Waals surface area contributed by atoms with Gasteiger partial charge in [-0.05, 0) is 42.5 Å². The maximum absolute atomic E-state index is 12.7. The third-order valence-electron chi connectivity index (χ3n) is 4.15. The lowest BCUT2D eigenvalue weighted by molar-refractivity contribution is -0.117. The second-order valence-corrected chi connectivity index (χ2v) is 6.71. The summed E-state index contributed by atoms with van der Waals surface area (Å²) in [6.07, 6.45) is 7.79. The Morgan fingerprint density at radius 1 is 1.19 bits per heavy atom. The minimum absolute atomic E-state index is 0.0784. The van der Waals surface area contributed by atoms with E-state index in [9.17, 15) is 4.79 Å². The van der Waals surface area contributed by atoms with Gasteiger partial charge in [0.15, 0.2) is 0 Å². The highest BCUT2D eigenvalue weighted by Gasteiger charge is 2.17. The standard InChI is InChI=1S/C22H27N3O/c1-6-8-20(7-2)25-21(13-14-23-25)24-22(26)17(5)19-11-9-18(10-12-19)15-16(3)4/h6-14,16-17H,1-2,15H2,3-5H3,(H,24,26)/b20-8+. The zero-order chi connectivity index (χ0) is 19.1. The average Bonchev–Trinajstić information content (AvgIpc) is 3.07. The lowest BCUT2D eigenvalue weighted by Gasteiger charge is -2.15. The first kappa shape index (κ1) is 19.4. The van der Waals surface area contributed by atoms with E-state index in [1.54, 1.807) is 35.2 Å². The van der Waals surface area contributed by atoms with Gasteiger partial charge >= 0.3 is 0 Å². The van der Waals surface area contributed by atoms with Crippen LogP contribution in [0.2, 0.25) is 0 Å². The number of rotatable bonds is 8. The number of benzene rings is 1. The summed E-state index contributed by atoms with van der Waals surface area (Å²) in [5.74, 6) is 0.878. The molecule has 0 radical (unpaired) electrons. The van der Waals surface area contributed by atoms with E-state index in [0.29, 0.717) is 11.7 Å². The second-order valence-electron chi connectivity index (χ2n) is 6.71. The molecule has 2 aromatic rings. The lowest BCUT2D eigenvalue weighted by Crippen LogP contribution is -2.21. The van der Waals surface area contributed by atoms with Crippen LogP contribution >= 0.6 is 0 Å². The number of hydrogen-bond donors (Lipinski definition) is 1. The van der Waals surface area contributed by atoms with E-state index in [1.807, 2.05) is 19.1 Å². The van der Waals surface area contributed by atoms with Crippen LogP contribution in [0, 0.1) is 5.92 Å². The summed E-state index contributed by atoms with van der Waals surface area (Å²) in [5, 5.41) is 7.19. The zero-order valence-corrected chi connectivity index (χ0v) is 15.8. The minimum atomic E-state index is -0.262. The summed E-state index contributed by atoms with van der Waals surface area (Å²) in [4.78, 5) is 12.7. The topological polar surface area (TPSA) is 46.9 Å². The molecule has 1 aromatic carbocycles. The molecule has 1 unspecified atom stereocenters. The molecule has 1 heterocycles. The van der Waals surface area contributed by atoms with E-state index < -0.39 is 0 Å². The molecule has 4 nitrogen and oxygen atoms in total. The molecule has 0 aliphatic carbocycles. The van der Waals surface area contributed by atoms with Crippen molar-refractivity contribution in [1.82, 2.24) is 9.78 Å². The third-order valence-corrected chi connectivity index (χ3v) is 4.15. The van der Waals surface area contributed by atoms with Crippen molar-refractivity contribution in [2.75, 3.05) is 5.32 Å². The number of nitrogens with zero attached hydrogens (tertiary/aromatic N) is 2. The Balaban J connectivity index is 2.13. The van der Waals surface area contributed by atoms with Crippen LogP contribution in [0.4, 0.5) is 5.82 Å².